The standard InChI is InChI=1S/C21H22N6O3S2/c1-3-29-20(28)13-9(2)30-18-15(13)17(23)24-12(25-18)8-31-21-26-16(22)14-10-6-4-5-7-11(10)32-19(14)27-21/h3-8H2,1-2H3,(H2,22,26,27)(H2,23,24,25). The third-order valence-corrected chi connectivity index (χ3v) is 7.46. The molecule has 0 saturated heterocycles. The zero-order valence-corrected chi connectivity index (χ0v) is 19.4. The van der Waals surface area contributed by atoms with Crippen LogP contribution in [0.4, 0.5) is 11.6 Å². The largest absolute Gasteiger partial charge is 0.462 e. The molecule has 0 radical (unpaired) electrons. The molecular weight excluding hydrogens is 448 g/mol. The number of esters is 1. The molecule has 11 heteroatoms. The van der Waals surface area contributed by atoms with E-state index in [1.807, 2.05) is 0 Å². The summed E-state index contributed by atoms with van der Waals surface area (Å²) in [4.78, 5) is 32.6. The second kappa shape index (κ2) is 8.21. The number of nitrogen functional groups attached to an aromatic ring is 2. The molecule has 4 N–H and O–H groups in total. The number of carbonyl (C=O) groups excluding carboxylic acids is 1. The summed E-state index contributed by atoms with van der Waals surface area (Å²) in [5.41, 5.74) is 14.3. The van der Waals surface area contributed by atoms with Gasteiger partial charge in [-0.3, -0.25) is 0 Å². The van der Waals surface area contributed by atoms with E-state index in [1.165, 1.54) is 35.0 Å². The number of hydrogen-bond donors (Lipinski definition) is 2. The molecule has 0 amide bonds. The van der Waals surface area contributed by atoms with Gasteiger partial charge < -0.3 is 20.6 Å². The number of thiophene rings is 1. The van der Waals surface area contributed by atoms with Gasteiger partial charge in [-0.2, -0.15) is 4.98 Å². The van der Waals surface area contributed by atoms with Gasteiger partial charge in [-0.05, 0) is 45.1 Å². The van der Waals surface area contributed by atoms with E-state index in [0.717, 1.165) is 23.1 Å². The van der Waals surface area contributed by atoms with E-state index in [9.17, 15) is 4.79 Å². The maximum atomic E-state index is 12.3. The van der Waals surface area contributed by atoms with E-state index in [-0.39, 0.29) is 23.7 Å². The number of rotatable bonds is 5. The fraction of sp³-hybridized carbons (Fsp3) is 0.381. The Morgan fingerprint density at radius 3 is 2.72 bits per heavy atom. The number of ether oxygens (including phenoxy) is 1. The van der Waals surface area contributed by atoms with Crippen LogP contribution in [0.15, 0.2) is 9.57 Å². The molecule has 4 heterocycles. The molecule has 4 aromatic heterocycles. The summed E-state index contributed by atoms with van der Waals surface area (Å²) in [6.07, 6.45) is 4.51. The third kappa shape index (κ3) is 3.55. The third-order valence-electron chi connectivity index (χ3n) is 5.43. The number of hydrogen-bond acceptors (Lipinski definition) is 11. The van der Waals surface area contributed by atoms with Crippen LogP contribution in [0, 0.1) is 6.92 Å². The highest BCUT2D eigenvalue weighted by Gasteiger charge is 2.24. The number of nitrogens with two attached hydrogens (primary N) is 2. The molecule has 9 nitrogen and oxygen atoms in total. The van der Waals surface area contributed by atoms with Crippen LogP contribution in [0.25, 0.3) is 21.3 Å². The Morgan fingerprint density at radius 2 is 1.91 bits per heavy atom. The summed E-state index contributed by atoms with van der Waals surface area (Å²) in [5.74, 6) is 1.42. The first-order valence-electron chi connectivity index (χ1n) is 10.4. The number of aromatic nitrogens is 4. The lowest BCUT2D eigenvalue weighted by Gasteiger charge is -2.10. The van der Waals surface area contributed by atoms with Crippen molar-refractivity contribution >= 4 is 62.0 Å². The number of anilines is 2. The average Bonchev–Trinajstić information content (AvgIpc) is 3.29. The maximum absolute atomic E-state index is 12.3. The predicted molar refractivity (Wildman–Crippen MR) is 125 cm³/mol. The molecule has 4 aromatic rings. The van der Waals surface area contributed by atoms with Crippen molar-refractivity contribution in [1.82, 2.24) is 19.9 Å². The number of thioether (sulfide) groups is 1. The Labute approximate surface area is 192 Å². The van der Waals surface area contributed by atoms with Crippen molar-refractivity contribution in [3.05, 3.63) is 27.6 Å². The van der Waals surface area contributed by atoms with Crippen LogP contribution in [-0.2, 0) is 23.3 Å². The first-order chi connectivity index (χ1) is 15.5. The monoisotopic (exact) mass is 470 g/mol. The van der Waals surface area contributed by atoms with E-state index >= 15 is 0 Å². The summed E-state index contributed by atoms with van der Waals surface area (Å²) in [6, 6.07) is 0. The lowest BCUT2D eigenvalue weighted by atomic mass is 9.97. The molecule has 166 valence electrons. The fourth-order valence-corrected chi connectivity index (χ4v) is 6.09. The summed E-state index contributed by atoms with van der Waals surface area (Å²) in [7, 11) is 0. The van der Waals surface area contributed by atoms with Crippen molar-refractivity contribution in [2.75, 3.05) is 18.1 Å². The van der Waals surface area contributed by atoms with Gasteiger partial charge in [0.2, 0.25) is 5.71 Å². The zero-order valence-electron chi connectivity index (χ0n) is 17.7. The molecule has 5 rings (SSSR count). The van der Waals surface area contributed by atoms with E-state index in [2.05, 4.69) is 15.0 Å². The van der Waals surface area contributed by atoms with Gasteiger partial charge in [0.05, 0.1) is 23.1 Å². The van der Waals surface area contributed by atoms with Crippen LogP contribution >= 0.6 is 23.1 Å². The van der Waals surface area contributed by atoms with Gasteiger partial charge in [-0.15, -0.1) is 11.3 Å². The summed E-state index contributed by atoms with van der Waals surface area (Å²) in [6.45, 7) is 3.66. The molecule has 0 atom stereocenters. The van der Waals surface area contributed by atoms with Gasteiger partial charge in [0.15, 0.2) is 5.16 Å². The molecule has 0 bridgehead atoms. The van der Waals surface area contributed by atoms with E-state index in [4.69, 9.17) is 25.6 Å². The number of nitrogens with zero attached hydrogens (tertiary/aromatic N) is 4. The van der Waals surface area contributed by atoms with Crippen molar-refractivity contribution in [2.45, 2.75) is 50.4 Å². The molecule has 0 fully saturated rings. The van der Waals surface area contributed by atoms with Crippen LogP contribution in [0.5, 0.6) is 0 Å². The highest BCUT2D eigenvalue weighted by Crippen LogP contribution is 2.39. The van der Waals surface area contributed by atoms with Gasteiger partial charge in [-0.1, -0.05) is 11.8 Å². The Balaban J connectivity index is 1.43. The Morgan fingerprint density at radius 1 is 1.12 bits per heavy atom. The Bertz CT molecular complexity index is 1360. The molecule has 32 heavy (non-hydrogen) atoms. The lowest BCUT2D eigenvalue weighted by Crippen LogP contribution is -2.07. The molecule has 0 aliphatic heterocycles. The molecule has 0 spiro atoms. The predicted octanol–water partition coefficient (Wildman–Crippen LogP) is 4.05. The van der Waals surface area contributed by atoms with E-state index in [0.29, 0.717) is 33.7 Å². The number of carbonyl (C=O) groups is 1. The minimum absolute atomic E-state index is 0.173. The average molecular weight is 471 g/mol. The topological polar surface area (TPSA) is 143 Å². The van der Waals surface area contributed by atoms with Gasteiger partial charge in [0.1, 0.15) is 33.6 Å². The van der Waals surface area contributed by atoms with Crippen LogP contribution in [0.3, 0.4) is 0 Å². The zero-order chi connectivity index (χ0) is 22.4. The molecule has 0 unspecified atom stereocenters. The Kier molecular flexibility index (Phi) is 5.38. The highest BCUT2D eigenvalue weighted by molar-refractivity contribution is 7.98. The van der Waals surface area contributed by atoms with Gasteiger partial charge in [-0.25, -0.2) is 19.7 Å². The number of furan rings is 1. The molecule has 0 aromatic carbocycles. The van der Waals surface area contributed by atoms with Crippen LogP contribution in [0.1, 0.15) is 52.1 Å². The van der Waals surface area contributed by atoms with E-state index in [1.54, 1.807) is 25.2 Å². The summed E-state index contributed by atoms with van der Waals surface area (Å²) >= 11 is 3.09. The van der Waals surface area contributed by atoms with Crippen molar-refractivity contribution in [3.63, 3.8) is 0 Å². The molecule has 1 aliphatic carbocycles. The smallest absolute Gasteiger partial charge is 0.342 e. The minimum atomic E-state index is -0.503. The quantitative estimate of drug-likeness (QED) is 0.249. The fourth-order valence-electron chi connectivity index (χ4n) is 4.06. The van der Waals surface area contributed by atoms with Crippen LogP contribution in [0.2, 0.25) is 0 Å². The SMILES string of the molecule is CCOC(=O)c1c(C)oc2nc(CSc3nc(N)c4c5c(sc4n3)CCCC5)nc(N)c12. The first-order valence-corrected chi connectivity index (χ1v) is 12.2. The number of aryl methyl sites for hydroxylation is 3. The van der Waals surface area contributed by atoms with E-state index < -0.39 is 5.97 Å². The van der Waals surface area contributed by atoms with Gasteiger partial charge >= 0.3 is 5.97 Å². The van der Waals surface area contributed by atoms with Crippen molar-refractivity contribution in [3.8, 4) is 0 Å². The minimum Gasteiger partial charge on any atom is -0.462 e. The Hall–Kier alpha value is -2.92. The van der Waals surface area contributed by atoms with Crippen molar-refractivity contribution in [1.29, 1.82) is 0 Å². The molecular formula is C21H22N6O3S2. The van der Waals surface area contributed by atoms with Crippen LogP contribution < -0.4 is 11.5 Å². The van der Waals surface area contributed by atoms with Gasteiger partial charge in [0.25, 0.3) is 0 Å². The number of fused-ring (bicyclic) bond motifs is 4. The van der Waals surface area contributed by atoms with Crippen molar-refractivity contribution < 1.29 is 13.9 Å². The second-order valence-electron chi connectivity index (χ2n) is 7.53. The highest BCUT2D eigenvalue weighted by atomic mass is 32.2. The molecule has 1 aliphatic rings. The molecule has 0 saturated carbocycles. The summed E-state index contributed by atoms with van der Waals surface area (Å²) < 4.78 is 10.8. The van der Waals surface area contributed by atoms with Crippen LogP contribution in [-0.4, -0.2) is 32.5 Å². The maximum Gasteiger partial charge on any atom is 0.342 e. The van der Waals surface area contributed by atoms with Gasteiger partial charge in [0, 0.05) is 4.88 Å². The normalized spacial score (nSPS) is 13.6. The van der Waals surface area contributed by atoms with Crippen molar-refractivity contribution in [2.24, 2.45) is 0 Å². The summed E-state index contributed by atoms with van der Waals surface area (Å²) in [5, 5.41) is 1.95. The lowest BCUT2D eigenvalue weighted by molar-refractivity contribution is 0.0526. The second-order valence-corrected chi connectivity index (χ2v) is 9.56. The first kappa shape index (κ1) is 21.0.